The van der Waals surface area contributed by atoms with Crippen molar-refractivity contribution in [1.82, 2.24) is 0 Å². The Bertz CT molecular complexity index is 110. The van der Waals surface area contributed by atoms with E-state index in [2.05, 4.69) is 9.52 Å². The van der Waals surface area contributed by atoms with Gasteiger partial charge in [0.1, 0.15) is 0 Å². The van der Waals surface area contributed by atoms with Crippen LogP contribution in [0.1, 0.15) is 0 Å². The molecule has 0 aliphatic rings. The molecule has 0 aliphatic carbocycles. The molecule has 0 radical (unpaired) electrons. The maximum absolute atomic E-state index is 10.2. The molecule has 0 saturated heterocycles. The van der Waals surface area contributed by atoms with Crippen LogP contribution in [0.2, 0.25) is 0 Å². The SMILES string of the molecule is [O-]C([CH]=[W])=N[C-]=[W]. The molecule has 0 aromatic heterocycles. The maximum atomic E-state index is 10.2. The molecule has 0 saturated carbocycles. The zero-order valence-electron chi connectivity index (χ0n) is 3.25. The molecule has 0 amide bonds. The third kappa shape index (κ3) is 4.44. The summed E-state index contributed by atoms with van der Waals surface area (Å²) in [6, 6.07) is 0. The number of hydrogen-bond donors (Lipinski definition) is 0. The first-order valence-electron chi connectivity index (χ1n) is 1.38. The molecule has 0 spiro atoms. The van der Waals surface area contributed by atoms with Crippen molar-refractivity contribution < 1.29 is 43.8 Å². The topological polar surface area (TPSA) is 35.4 Å². The van der Waals surface area contributed by atoms with Crippen LogP contribution in [0.3, 0.4) is 0 Å². The van der Waals surface area contributed by atoms with Gasteiger partial charge in [-0.25, -0.2) is 0 Å². The molecule has 4 heteroatoms. The number of nitrogens with zero attached hydrogens (tertiary/aromatic N) is 1. The van der Waals surface area contributed by atoms with Gasteiger partial charge in [-0.1, -0.05) is 0 Å². The van der Waals surface area contributed by atoms with Crippen molar-refractivity contribution in [1.29, 1.82) is 0 Å². The van der Waals surface area contributed by atoms with Gasteiger partial charge in [-0.05, 0) is 0 Å². The molecule has 0 bridgehead atoms. The Kier molecular flexibility index (Phi) is 5.14. The summed E-state index contributed by atoms with van der Waals surface area (Å²) in [6.45, 7) is 0. The fraction of sp³-hybridized carbons (Fsp3) is 0. The van der Waals surface area contributed by atoms with Gasteiger partial charge < -0.3 is 0 Å². The van der Waals surface area contributed by atoms with Crippen molar-refractivity contribution in [3.8, 4) is 0 Å². The van der Waals surface area contributed by atoms with E-state index in [0.29, 0.717) is 0 Å². The molecular formula is C3HNOW2-2. The number of aliphatic imine (C=N–C) groups is 1. The summed E-state index contributed by atoms with van der Waals surface area (Å²) in [4.78, 5) is 3.36. The summed E-state index contributed by atoms with van der Waals surface area (Å²) < 4.78 is 3.94. The summed E-state index contributed by atoms with van der Waals surface area (Å²) >= 11 is 2.22. The number of hydrogen-bond acceptors (Lipinski definition) is 2. The first-order valence-corrected chi connectivity index (χ1v) is 4.54. The van der Waals surface area contributed by atoms with Gasteiger partial charge in [0.15, 0.2) is 0 Å². The van der Waals surface area contributed by atoms with E-state index in [-0.39, 0.29) is 5.90 Å². The molecule has 0 aliphatic heterocycles. The third-order valence-electron chi connectivity index (χ3n) is 0.257. The fourth-order valence-corrected chi connectivity index (χ4v) is 0.584. The molecule has 0 rings (SSSR count). The minimum absolute atomic E-state index is 0.176. The minimum atomic E-state index is -0.176. The standard InChI is InChI=1S/C3H2NO.2W/c1-3(5)4-2;;/h1H,(H,4,5);;/q-1;;/p-1. The van der Waals surface area contributed by atoms with E-state index < -0.39 is 0 Å². The van der Waals surface area contributed by atoms with Crippen molar-refractivity contribution in [2.75, 3.05) is 0 Å². The second-order valence-electron chi connectivity index (χ2n) is 0.659. The van der Waals surface area contributed by atoms with Crippen molar-refractivity contribution >= 4 is 14.8 Å². The van der Waals surface area contributed by atoms with Gasteiger partial charge in [0.2, 0.25) is 0 Å². The molecule has 0 aromatic carbocycles. The Balaban J connectivity index is 3.72. The van der Waals surface area contributed by atoms with E-state index in [1.54, 1.807) is 0 Å². The molecule has 0 fully saturated rings. The van der Waals surface area contributed by atoms with E-state index in [1.165, 1.54) is 4.40 Å². The van der Waals surface area contributed by atoms with Gasteiger partial charge in [-0.3, -0.25) is 0 Å². The van der Waals surface area contributed by atoms with E-state index in [4.69, 9.17) is 0 Å². The van der Waals surface area contributed by atoms with Crippen molar-refractivity contribution in [3.05, 3.63) is 0 Å². The van der Waals surface area contributed by atoms with Gasteiger partial charge in [-0.2, -0.15) is 0 Å². The van der Waals surface area contributed by atoms with Crippen LogP contribution in [-0.4, -0.2) is 14.8 Å². The van der Waals surface area contributed by atoms with Gasteiger partial charge in [0.25, 0.3) is 0 Å². The Morgan fingerprint density at radius 3 is 2.57 bits per heavy atom. The normalized spacial score (nSPS) is 10.6. The van der Waals surface area contributed by atoms with Gasteiger partial charge in [0, 0.05) is 0 Å². The third-order valence-corrected chi connectivity index (χ3v) is 1.31. The van der Waals surface area contributed by atoms with Crippen LogP contribution in [0.5, 0.6) is 0 Å². The zero-order valence-corrected chi connectivity index (χ0v) is 9.12. The molecule has 0 atom stereocenters. The zero-order chi connectivity index (χ0) is 5.70. The Hall–Kier alpha value is 0.587. The predicted octanol–water partition coefficient (Wildman–Crippen LogP) is -1.72. The summed E-state index contributed by atoms with van der Waals surface area (Å²) in [6.07, 6.45) is 0. The first-order chi connectivity index (χ1) is 3.31. The van der Waals surface area contributed by atoms with E-state index in [1.807, 2.05) is 0 Å². The second kappa shape index (κ2) is 4.74. The van der Waals surface area contributed by atoms with Crippen LogP contribution >= 0.6 is 0 Å². The quantitative estimate of drug-likeness (QED) is 0.289. The summed E-state index contributed by atoms with van der Waals surface area (Å²) in [5.41, 5.74) is 0. The molecule has 0 unspecified atom stereocenters. The summed E-state index contributed by atoms with van der Waals surface area (Å²) in [5.74, 6) is -0.176. The molecular weight excluding hydrogens is 434 g/mol. The Morgan fingerprint density at radius 2 is 2.43 bits per heavy atom. The summed E-state index contributed by atoms with van der Waals surface area (Å²) in [5, 5.41) is 10.2. The molecule has 0 aromatic rings. The van der Waals surface area contributed by atoms with Crippen LogP contribution in [0.15, 0.2) is 4.99 Å². The number of rotatable bonds is 2. The van der Waals surface area contributed by atoms with Gasteiger partial charge in [-0.15, -0.1) is 0 Å². The second-order valence-corrected chi connectivity index (χ2v) is 2.16. The summed E-state index contributed by atoms with van der Waals surface area (Å²) in [7, 11) is 0. The molecule has 0 heterocycles. The van der Waals surface area contributed by atoms with E-state index in [9.17, 15) is 5.11 Å². The van der Waals surface area contributed by atoms with Gasteiger partial charge >= 0.3 is 63.6 Å². The Morgan fingerprint density at radius 1 is 1.86 bits per heavy atom. The van der Waals surface area contributed by atoms with Crippen molar-refractivity contribution in [2.24, 2.45) is 4.99 Å². The van der Waals surface area contributed by atoms with Crippen LogP contribution in [0.25, 0.3) is 0 Å². The van der Waals surface area contributed by atoms with Crippen LogP contribution in [-0.2, 0) is 38.7 Å². The van der Waals surface area contributed by atoms with E-state index >= 15 is 0 Å². The average Bonchev–Trinajstić information content (AvgIpc) is 1.68. The average molecular weight is 435 g/mol. The van der Waals surface area contributed by atoms with Crippen molar-refractivity contribution in [2.45, 2.75) is 0 Å². The first kappa shape index (κ1) is 7.59. The molecule has 38 valence electrons. The molecule has 2 nitrogen and oxygen atoms in total. The fourth-order valence-electron chi connectivity index (χ4n) is 0.0713. The van der Waals surface area contributed by atoms with Crippen LogP contribution < -0.4 is 5.11 Å². The van der Waals surface area contributed by atoms with Crippen LogP contribution in [0, 0.1) is 0 Å². The van der Waals surface area contributed by atoms with E-state index in [0.717, 1.165) is 38.7 Å². The van der Waals surface area contributed by atoms with Crippen LogP contribution in [0.4, 0.5) is 0 Å². The predicted molar refractivity (Wildman–Crippen MR) is 18.5 cm³/mol. The monoisotopic (exact) mass is 435 g/mol. The van der Waals surface area contributed by atoms with Gasteiger partial charge in [0.05, 0.1) is 0 Å². The molecule has 0 N–H and O–H groups in total. The molecule has 7 heavy (non-hydrogen) atoms. The van der Waals surface area contributed by atoms with Crippen molar-refractivity contribution in [3.63, 3.8) is 0 Å². The Labute approximate surface area is 63.5 Å².